The van der Waals surface area contributed by atoms with E-state index in [1.807, 2.05) is 0 Å². The van der Waals surface area contributed by atoms with E-state index in [-0.39, 0.29) is 11.8 Å². The zero-order chi connectivity index (χ0) is 34.6. The van der Waals surface area contributed by atoms with Crippen LogP contribution in [-0.2, 0) is 14.4 Å². The first kappa shape index (κ1) is 45.5. The van der Waals surface area contributed by atoms with Gasteiger partial charge in [0.05, 0.1) is 0 Å². The van der Waals surface area contributed by atoms with E-state index in [4.69, 9.17) is 0 Å². The zero-order valence-corrected chi connectivity index (χ0v) is 32.3. The van der Waals surface area contributed by atoms with Gasteiger partial charge in [0, 0.05) is 32.4 Å². The molecule has 7 heteroatoms. The average molecular weight is 678 g/mol. The van der Waals surface area contributed by atoms with Gasteiger partial charge < -0.3 is 15.5 Å². The van der Waals surface area contributed by atoms with Crippen LogP contribution in [0.3, 0.4) is 0 Å². The number of unbranched alkanes of at least 4 members (excludes halogenated alkanes) is 16. The highest BCUT2D eigenvalue weighted by molar-refractivity contribution is 7.74. The molecule has 0 bridgehead atoms. The lowest BCUT2D eigenvalue weighted by Crippen LogP contribution is -2.22. The number of rotatable bonds is 35. The van der Waals surface area contributed by atoms with E-state index in [0.717, 1.165) is 109 Å². The van der Waals surface area contributed by atoms with Gasteiger partial charge in [0.25, 0.3) is 0 Å². The van der Waals surface area contributed by atoms with Crippen LogP contribution in [0.25, 0.3) is 0 Å². The molecule has 0 saturated carbocycles. The Labute approximate surface area is 292 Å². The third-order valence-electron chi connectivity index (χ3n) is 8.63. The molecule has 0 atom stereocenters. The topological polar surface area (TPSA) is 78.5 Å². The molecule has 0 rings (SSSR count). The van der Waals surface area contributed by atoms with E-state index >= 15 is 0 Å². The van der Waals surface area contributed by atoms with Crippen LogP contribution in [0.15, 0.2) is 24.3 Å². The van der Waals surface area contributed by atoms with Crippen molar-refractivity contribution in [3.8, 4) is 0 Å². The Morgan fingerprint density at radius 3 is 1.38 bits per heavy atom. The number of hydrogen-bond acceptors (Lipinski definition) is 4. The summed E-state index contributed by atoms with van der Waals surface area (Å²) in [5, 5.41) is 6.02. The minimum Gasteiger partial charge on any atom is -0.353 e. The molecule has 47 heavy (non-hydrogen) atoms. The molecular weight excluding hydrogens is 601 g/mol. The fraction of sp³-hybridized carbons (Fsp3) is 0.825. The molecule has 0 heterocycles. The third-order valence-corrected chi connectivity index (χ3v) is 11.3. The summed E-state index contributed by atoms with van der Waals surface area (Å²) < 4.78 is 0. The molecule has 6 nitrogen and oxygen atoms in total. The number of nitrogens with one attached hydrogen (secondary N) is 2. The van der Waals surface area contributed by atoms with Crippen molar-refractivity contribution in [1.82, 2.24) is 15.5 Å². The van der Waals surface area contributed by atoms with Gasteiger partial charge in [0.1, 0.15) is 0 Å². The molecule has 0 aliphatic heterocycles. The Kier molecular flexibility index (Phi) is 34.6. The largest absolute Gasteiger partial charge is 0.353 e. The molecule has 0 aromatic heterocycles. The Bertz CT molecular complexity index is 748. The van der Waals surface area contributed by atoms with Crippen LogP contribution < -0.4 is 10.6 Å². The zero-order valence-electron chi connectivity index (χ0n) is 31.4. The van der Waals surface area contributed by atoms with Crippen molar-refractivity contribution in [2.75, 3.05) is 46.1 Å². The Morgan fingerprint density at radius 1 is 0.511 bits per heavy atom. The molecule has 0 unspecified atom stereocenters. The predicted molar refractivity (Wildman–Crippen MR) is 207 cm³/mol. The number of hydrogen-bond donors (Lipinski definition) is 2. The quantitative estimate of drug-likeness (QED) is 0.0398. The summed E-state index contributed by atoms with van der Waals surface area (Å²) in [4.78, 5) is 39.5. The monoisotopic (exact) mass is 678 g/mol. The summed E-state index contributed by atoms with van der Waals surface area (Å²) in [5.41, 5.74) is 0.514. The maximum Gasteiger partial charge on any atom is 0.220 e. The summed E-state index contributed by atoms with van der Waals surface area (Å²) in [6, 6.07) is 0. The van der Waals surface area contributed by atoms with Gasteiger partial charge in [-0.25, -0.2) is 0 Å². The van der Waals surface area contributed by atoms with Gasteiger partial charge in [-0.2, -0.15) is 0 Å². The molecule has 2 N–H and O–H groups in total. The van der Waals surface area contributed by atoms with Crippen molar-refractivity contribution in [1.29, 1.82) is 0 Å². The number of nitrogens with zero attached hydrogens (tertiary/aromatic N) is 1. The van der Waals surface area contributed by atoms with Crippen molar-refractivity contribution < 1.29 is 14.4 Å². The molecule has 0 fully saturated rings. The van der Waals surface area contributed by atoms with Crippen molar-refractivity contribution in [2.45, 2.75) is 168 Å². The lowest BCUT2D eigenvalue weighted by atomic mass is 10.1. The van der Waals surface area contributed by atoms with E-state index in [0.29, 0.717) is 31.5 Å². The highest BCUT2D eigenvalue weighted by atomic mass is 31.1. The second kappa shape index (κ2) is 35.8. The molecule has 0 aromatic carbocycles. The molecule has 0 spiro atoms. The molecule has 274 valence electrons. The number of carbonyl (C=O) groups excluding carboxylic acids is 3. The lowest BCUT2D eigenvalue weighted by Gasteiger charge is -2.17. The minimum absolute atomic E-state index is 0.159. The van der Waals surface area contributed by atoms with Crippen molar-refractivity contribution >= 4 is 25.3 Å². The van der Waals surface area contributed by atoms with Gasteiger partial charge in [0.15, 0.2) is 5.52 Å². The smallest absolute Gasteiger partial charge is 0.220 e. The molecule has 0 aromatic rings. The van der Waals surface area contributed by atoms with E-state index in [1.54, 1.807) is 0 Å². The SMILES string of the molecule is CCCCCC/C=C\CNC(=O)CCCCCCCP(CCCCCCCC(=O)NC/C=C\CCCCCC)C(=O)CCCN(C)C. The van der Waals surface area contributed by atoms with Gasteiger partial charge >= 0.3 is 0 Å². The fourth-order valence-corrected chi connectivity index (χ4v) is 8.01. The fourth-order valence-electron chi connectivity index (χ4n) is 5.61. The molecule has 0 aliphatic rings. The Morgan fingerprint density at radius 2 is 0.936 bits per heavy atom. The van der Waals surface area contributed by atoms with Crippen LogP contribution in [0.1, 0.15) is 168 Å². The Balaban J connectivity index is 4.07. The van der Waals surface area contributed by atoms with Gasteiger partial charge in [-0.1, -0.05) is 115 Å². The van der Waals surface area contributed by atoms with E-state index in [1.165, 1.54) is 51.4 Å². The second-order valence-electron chi connectivity index (χ2n) is 13.6. The average Bonchev–Trinajstić information content (AvgIpc) is 3.05. The highest BCUT2D eigenvalue weighted by Crippen LogP contribution is 2.40. The van der Waals surface area contributed by atoms with E-state index in [2.05, 4.69) is 67.8 Å². The van der Waals surface area contributed by atoms with Crippen LogP contribution in [0, 0.1) is 0 Å². The van der Waals surface area contributed by atoms with Crippen LogP contribution in [0.4, 0.5) is 0 Å². The second-order valence-corrected chi connectivity index (χ2v) is 16.0. The van der Waals surface area contributed by atoms with Crippen LogP contribution in [0.5, 0.6) is 0 Å². The van der Waals surface area contributed by atoms with Crippen LogP contribution in [-0.4, -0.2) is 68.3 Å². The van der Waals surface area contributed by atoms with Gasteiger partial charge in [-0.05, 0) is 98.7 Å². The first-order valence-electron chi connectivity index (χ1n) is 19.7. The number of allylic oxidation sites excluding steroid dienone is 2. The molecule has 2 amide bonds. The first-order chi connectivity index (χ1) is 22.9. The van der Waals surface area contributed by atoms with Crippen LogP contribution in [0.2, 0.25) is 0 Å². The third kappa shape index (κ3) is 34.2. The summed E-state index contributed by atoms with van der Waals surface area (Å²) in [5.74, 6) is 0.318. The summed E-state index contributed by atoms with van der Waals surface area (Å²) in [7, 11) is 3.59. The lowest BCUT2D eigenvalue weighted by molar-refractivity contribution is -0.121. The van der Waals surface area contributed by atoms with E-state index in [9.17, 15) is 14.4 Å². The van der Waals surface area contributed by atoms with Crippen molar-refractivity contribution in [3.63, 3.8) is 0 Å². The Hall–Kier alpha value is -1.52. The van der Waals surface area contributed by atoms with Crippen molar-refractivity contribution in [2.24, 2.45) is 0 Å². The molecular formula is C40H76N3O3P. The van der Waals surface area contributed by atoms with E-state index < -0.39 is 7.92 Å². The minimum atomic E-state index is -0.551. The predicted octanol–water partition coefficient (Wildman–Crippen LogP) is 10.3. The van der Waals surface area contributed by atoms with Gasteiger partial charge in [-0.15, -0.1) is 0 Å². The van der Waals surface area contributed by atoms with Gasteiger partial charge in [-0.3, -0.25) is 14.4 Å². The van der Waals surface area contributed by atoms with Crippen LogP contribution >= 0.6 is 7.92 Å². The van der Waals surface area contributed by atoms with Crippen molar-refractivity contribution in [3.05, 3.63) is 24.3 Å². The molecule has 0 radical (unpaired) electrons. The number of amides is 2. The summed E-state index contributed by atoms with van der Waals surface area (Å²) >= 11 is 0. The maximum absolute atomic E-state index is 13.1. The maximum atomic E-state index is 13.1. The van der Waals surface area contributed by atoms with Gasteiger partial charge in [0.2, 0.25) is 11.8 Å². The standard InChI is InChI=1S/C40H76N3O3P/c1-5-7-9-11-13-19-25-33-41-38(44)30-23-17-15-21-27-36-47(40(46)32-29-35-43(3)4)37-28-22-16-18-24-31-39(45)42-34-26-20-14-12-10-8-6-2/h19-20,25-26H,5-18,21-24,27-37H2,1-4H3,(H,41,44)(H,42,45)/b25-19-,26-20-. The highest BCUT2D eigenvalue weighted by Gasteiger charge is 2.17. The number of carbonyl (C=O) groups is 3. The normalized spacial score (nSPS) is 11.8. The summed E-state index contributed by atoms with van der Waals surface area (Å²) in [6.45, 7) is 6.72. The molecule has 0 saturated heterocycles. The first-order valence-corrected chi connectivity index (χ1v) is 21.4. The summed E-state index contributed by atoms with van der Waals surface area (Å²) in [6.07, 6.45) is 37.0. The molecule has 0 aliphatic carbocycles.